The Kier molecular flexibility index (Phi) is 15.5. The highest BCUT2D eigenvalue weighted by Crippen LogP contribution is 2.40. The number of likely N-dealkylation sites (tertiary alicyclic amines) is 1. The number of nitriles is 2. The van der Waals surface area contributed by atoms with Gasteiger partial charge in [-0.05, 0) is 103 Å². The highest BCUT2D eigenvalue weighted by atomic mass is 32.1. The normalized spacial score (nSPS) is 17.4. The number of benzene rings is 3. The number of rotatable bonds is 16. The molecule has 6 rings (SSSR count). The number of hydrogen-bond acceptors (Lipinski definition) is 11. The first-order valence-electron chi connectivity index (χ1n) is 21.8. The van der Waals surface area contributed by atoms with Crippen LogP contribution in [0.5, 0.6) is 5.75 Å². The first kappa shape index (κ1) is 50.5. The lowest BCUT2D eigenvalue weighted by molar-refractivity contribution is -0.144. The van der Waals surface area contributed by atoms with Crippen LogP contribution in [0.4, 0.5) is 24.5 Å². The molecule has 3 aromatic carbocycles. The molecule has 2 aliphatic heterocycles. The number of amides is 4. The topological polar surface area (TPSA) is 201 Å². The molecule has 15 nitrogen and oxygen atoms in total. The summed E-state index contributed by atoms with van der Waals surface area (Å²) in [4.78, 5) is 61.2. The monoisotopic (exact) mass is 952 g/mol. The van der Waals surface area contributed by atoms with Gasteiger partial charge in [-0.25, -0.2) is 4.98 Å². The van der Waals surface area contributed by atoms with E-state index in [1.54, 1.807) is 75.9 Å². The van der Waals surface area contributed by atoms with Crippen molar-refractivity contribution in [1.82, 2.24) is 20.5 Å². The van der Waals surface area contributed by atoms with Gasteiger partial charge in [-0.15, -0.1) is 0 Å². The zero-order valence-electron chi connectivity index (χ0n) is 38.1. The van der Waals surface area contributed by atoms with Crippen LogP contribution in [0.25, 0.3) is 11.1 Å². The van der Waals surface area contributed by atoms with Gasteiger partial charge < -0.3 is 35.0 Å². The molecule has 2 fully saturated rings. The minimum absolute atomic E-state index is 0.0401. The predicted octanol–water partition coefficient (Wildman–Crippen LogP) is 6.41. The van der Waals surface area contributed by atoms with E-state index in [1.165, 1.54) is 11.0 Å². The Hall–Kier alpha value is -6.93. The second kappa shape index (κ2) is 20.9. The molecule has 1 aromatic heterocycles. The number of β-amino-alcohol motifs (C(OH)–C–C–N with tert-alkyl or cyclic N) is 1. The summed E-state index contributed by atoms with van der Waals surface area (Å²) in [5.74, 6) is -1.35. The number of ether oxygens (including phenoxy) is 2. The maximum Gasteiger partial charge on any atom is 0.419 e. The summed E-state index contributed by atoms with van der Waals surface area (Å²) in [5.41, 5.74) is -0.752. The number of nitrogens with one attached hydrogen (secondary N) is 2. The standard InChI is InChI=1S/C49H51F3N8O7S/c1-47(2,3)42(44(64)58-28-36(61)23-40(58)43(63)56-26-31-10-8-30(24-53)9-11-31)57-41(62)29-66-20-6-7-21-67-37-18-14-33(15-19-37)32-12-16-34(17-13-32)60-46(68)59(45(65)48(60,4)5)35-22-38(49(50,51)52)39(25-54)55-27-35/h8-19,22,27,36,40,42,61H,6-7,20-21,23,26,28-29H2,1-5H3,(H,56,63)(H,57,62)/t36-,40+,42-/m1/s1. The minimum Gasteiger partial charge on any atom is -0.494 e. The van der Waals surface area contributed by atoms with E-state index < -0.39 is 70.2 Å². The third kappa shape index (κ3) is 11.6. The molecular weight excluding hydrogens is 902 g/mol. The van der Waals surface area contributed by atoms with Crippen LogP contribution in [0.1, 0.15) is 76.3 Å². The number of halogens is 3. The summed E-state index contributed by atoms with van der Waals surface area (Å²) in [6.07, 6.45) is -3.49. The fourth-order valence-electron chi connectivity index (χ4n) is 7.87. The summed E-state index contributed by atoms with van der Waals surface area (Å²) < 4.78 is 52.6. The summed E-state index contributed by atoms with van der Waals surface area (Å²) in [5, 5.41) is 34.2. The van der Waals surface area contributed by atoms with Crippen LogP contribution in [0, 0.1) is 28.1 Å². The molecule has 3 N–H and O–H groups in total. The molecular formula is C49H51F3N8O7S. The van der Waals surface area contributed by atoms with Crippen molar-refractivity contribution in [3.8, 4) is 29.0 Å². The van der Waals surface area contributed by atoms with Gasteiger partial charge in [0.25, 0.3) is 5.91 Å². The number of anilines is 2. The van der Waals surface area contributed by atoms with Crippen molar-refractivity contribution < 1.29 is 46.9 Å². The Labute approximate surface area is 397 Å². The lowest BCUT2D eigenvalue weighted by Crippen LogP contribution is -2.58. The molecule has 4 amide bonds. The number of alkyl halides is 3. The van der Waals surface area contributed by atoms with Gasteiger partial charge >= 0.3 is 6.18 Å². The molecule has 4 aromatic rings. The van der Waals surface area contributed by atoms with E-state index in [2.05, 4.69) is 15.6 Å². The maximum absolute atomic E-state index is 13.9. The molecule has 356 valence electrons. The van der Waals surface area contributed by atoms with Crippen molar-refractivity contribution in [1.29, 1.82) is 10.5 Å². The molecule has 0 saturated carbocycles. The fourth-order valence-corrected chi connectivity index (χ4v) is 8.39. The number of aliphatic hydroxyl groups is 1. The Balaban J connectivity index is 0.942. The van der Waals surface area contributed by atoms with E-state index in [1.807, 2.05) is 42.5 Å². The van der Waals surface area contributed by atoms with E-state index in [0.717, 1.165) is 27.8 Å². The van der Waals surface area contributed by atoms with Crippen molar-refractivity contribution in [3.63, 3.8) is 0 Å². The summed E-state index contributed by atoms with van der Waals surface area (Å²) in [7, 11) is 0. The summed E-state index contributed by atoms with van der Waals surface area (Å²) >= 11 is 5.63. The zero-order valence-corrected chi connectivity index (χ0v) is 38.9. The smallest absolute Gasteiger partial charge is 0.419 e. The number of unbranched alkanes of at least 4 members (excludes halogenated alkanes) is 1. The number of pyridine rings is 1. The Morgan fingerprint density at radius 3 is 2.18 bits per heavy atom. The SMILES string of the molecule is CC(C)(C)[C@H](NC(=O)COCCCCOc1ccc(-c2ccc(N3C(=S)N(c4cnc(C#N)c(C(F)(F)F)c4)C(=O)C3(C)C)cc2)cc1)C(=O)N1C[C@H](O)C[C@H]1C(=O)NCc1ccc(C#N)cc1. The van der Waals surface area contributed by atoms with Crippen molar-refractivity contribution in [2.45, 2.75) is 90.3 Å². The lowest BCUT2D eigenvalue weighted by Gasteiger charge is -2.35. The molecule has 0 unspecified atom stereocenters. The van der Waals surface area contributed by atoms with Crippen LogP contribution in [0.3, 0.4) is 0 Å². The van der Waals surface area contributed by atoms with Crippen LogP contribution in [0.2, 0.25) is 0 Å². The average Bonchev–Trinajstić information content (AvgIpc) is 3.78. The number of hydrogen-bond donors (Lipinski definition) is 3. The molecule has 3 heterocycles. The number of nitrogens with zero attached hydrogens (tertiary/aromatic N) is 6. The summed E-state index contributed by atoms with van der Waals surface area (Å²) in [6.45, 7) is 9.09. The number of thiocarbonyl (C=S) groups is 1. The Morgan fingerprint density at radius 1 is 0.941 bits per heavy atom. The predicted molar refractivity (Wildman–Crippen MR) is 249 cm³/mol. The molecule has 3 atom stereocenters. The second-order valence-corrected chi connectivity index (χ2v) is 18.4. The number of carbonyl (C=O) groups excluding carboxylic acids is 4. The van der Waals surface area contributed by atoms with Crippen LogP contribution in [-0.4, -0.2) is 93.8 Å². The lowest BCUT2D eigenvalue weighted by atomic mass is 9.85. The molecule has 0 bridgehead atoms. The van der Waals surface area contributed by atoms with Gasteiger partial charge in [-0.2, -0.15) is 23.7 Å². The van der Waals surface area contributed by atoms with Gasteiger partial charge in [0.1, 0.15) is 36.0 Å². The largest absolute Gasteiger partial charge is 0.494 e. The summed E-state index contributed by atoms with van der Waals surface area (Å²) in [6, 6.07) is 23.6. The van der Waals surface area contributed by atoms with E-state index >= 15 is 0 Å². The van der Waals surface area contributed by atoms with E-state index in [0.29, 0.717) is 42.5 Å². The van der Waals surface area contributed by atoms with Crippen LogP contribution in [-0.2, 0) is 36.6 Å². The highest BCUT2D eigenvalue weighted by Gasteiger charge is 2.51. The van der Waals surface area contributed by atoms with E-state index in [4.69, 9.17) is 32.2 Å². The molecule has 2 aliphatic rings. The van der Waals surface area contributed by atoms with Gasteiger partial charge in [0, 0.05) is 31.8 Å². The van der Waals surface area contributed by atoms with Gasteiger partial charge in [-0.1, -0.05) is 57.2 Å². The van der Waals surface area contributed by atoms with Gasteiger partial charge in [0.2, 0.25) is 17.7 Å². The van der Waals surface area contributed by atoms with Crippen molar-refractivity contribution >= 4 is 52.3 Å². The first-order valence-corrected chi connectivity index (χ1v) is 22.2. The van der Waals surface area contributed by atoms with Crippen molar-refractivity contribution in [2.24, 2.45) is 5.41 Å². The third-order valence-corrected chi connectivity index (χ3v) is 11.9. The minimum atomic E-state index is -4.87. The molecule has 68 heavy (non-hydrogen) atoms. The van der Waals surface area contributed by atoms with Crippen LogP contribution in [0.15, 0.2) is 85.1 Å². The van der Waals surface area contributed by atoms with Gasteiger partial charge in [-0.3, -0.25) is 24.1 Å². The maximum atomic E-state index is 13.9. The van der Waals surface area contributed by atoms with E-state index in [9.17, 15) is 37.5 Å². The van der Waals surface area contributed by atoms with Crippen LogP contribution < -0.4 is 25.2 Å². The number of carbonyl (C=O) groups is 4. The molecule has 0 spiro atoms. The first-order chi connectivity index (χ1) is 32.1. The Bertz CT molecular complexity index is 2610. The van der Waals surface area contributed by atoms with Crippen molar-refractivity contribution in [2.75, 3.05) is 36.2 Å². The average molecular weight is 953 g/mol. The van der Waals surface area contributed by atoms with Crippen LogP contribution >= 0.6 is 12.2 Å². The van der Waals surface area contributed by atoms with Crippen molar-refractivity contribution in [3.05, 3.63) is 107 Å². The fraction of sp³-hybridized carbons (Fsp3) is 0.388. The van der Waals surface area contributed by atoms with Gasteiger partial charge in [0.15, 0.2) is 10.8 Å². The molecule has 0 aliphatic carbocycles. The third-order valence-electron chi connectivity index (χ3n) is 11.5. The molecule has 2 saturated heterocycles. The second-order valence-electron chi connectivity index (χ2n) is 18.0. The molecule has 19 heteroatoms. The number of aromatic nitrogens is 1. The quantitative estimate of drug-likeness (QED) is 0.0825. The Morgan fingerprint density at radius 2 is 1.57 bits per heavy atom. The highest BCUT2D eigenvalue weighted by molar-refractivity contribution is 7.81. The van der Waals surface area contributed by atoms with E-state index in [-0.39, 0.29) is 43.5 Å². The number of aliphatic hydroxyl groups excluding tert-OH is 1. The zero-order chi connectivity index (χ0) is 49.6. The van der Waals surface area contributed by atoms with Gasteiger partial charge in [0.05, 0.1) is 41.8 Å². The molecule has 0 radical (unpaired) electrons.